The predicted octanol–water partition coefficient (Wildman–Crippen LogP) is 1.70. The second kappa shape index (κ2) is 7.14. The largest absolute Gasteiger partial charge is 0.494 e. The molecule has 0 bridgehead atoms. The van der Waals surface area contributed by atoms with Crippen LogP contribution in [0.2, 0.25) is 13.1 Å². The Bertz CT molecular complexity index is 811. The third-order valence-electron chi connectivity index (χ3n) is 4.38. The molecule has 0 aromatic heterocycles. The zero-order valence-corrected chi connectivity index (χ0v) is 16.5. The number of aliphatic hydroxyl groups is 1. The first-order valence-electron chi connectivity index (χ1n) is 8.20. The van der Waals surface area contributed by atoms with E-state index in [-0.39, 0.29) is 0 Å². The van der Waals surface area contributed by atoms with E-state index in [1.807, 2.05) is 32.3 Å². The van der Waals surface area contributed by atoms with Crippen LogP contribution in [0.3, 0.4) is 0 Å². The number of rotatable bonds is 4. The first kappa shape index (κ1) is 18.1. The average molecular weight is 341 g/mol. The van der Waals surface area contributed by atoms with Crippen LogP contribution >= 0.6 is 0 Å². The molecule has 0 saturated carbocycles. The standard InChI is InChI=1S/C20H28N2OSi/c1-21(2)19(23)17-14-10-11-15-18(17)20(22(3)4)24(5,6)16-12-8-7-9-13-16/h7-15,23H,1-6H3/b19-17-,20-18?. The summed E-state index contributed by atoms with van der Waals surface area (Å²) >= 11 is 0. The zero-order chi connectivity index (χ0) is 17.9. The van der Waals surface area contributed by atoms with E-state index in [4.69, 9.17) is 0 Å². The molecular weight excluding hydrogens is 312 g/mol. The third-order valence-corrected chi connectivity index (χ3v) is 8.06. The van der Waals surface area contributed by atoms with Crippen molar-refractivity contribution in [3.8, 4) is 0 Å². The number of nitrogens with zero attached hydrogens (tertiary/aromatic N) is 2. The maximum atomic E-state index is 10.6. The number of aliphatic hydroxyl groups excluding tert-OH is 1. The molecule has 0 radical (unpaired) electrons. The highest BCUT2D eigenvalue weighted by molar-refractivity contribution is 7.03. The fourth-order valence-electron chi connectivity index (χ4n) is 3.25. The Morgan fingerprint density at radius 1 is 0.750 bits per heavy atom. The minimum Gasteiger partial charge on any atom is -0.494 e. The molecular formula is C20H28N2OSi. The van der Waals surface area contributed by atoms with Crippen LogP contribution in [0.25, 0.3) is 11.2 Å². The van der Waals surface area contributed by atoms with E-state index < -0.39 is 8.07 Å². The highest BCUT2D eigenvalue weighted by atomic mass is 28.3. The molecule has 2 aromatic carbocycles. The fraction of sp³-hybridized carbons (Fsp3) is 0.300. The molecule has 2 rings (SSSR count). The van der Waals surface area contributed by atoms with Gasteiger partial charge < -0.3 is 14.9 Å². The molecule has 0 aliphatic carbocycles. The van der Waals surface area contributed by atoms with Gasteiger partial charge in [0.05, 0.1) is 0 Å². The summed E-state index contributed by atoms with van der Waals surface area (Å²) in [6.07, 6.45) is 0. The van der Waals surface area contributed by atoms with Crippen molar-refractivity contribution in [2.24, 2.45) is 0 Å². The van der Waals surface area contributed by atoms with Crippen molar-refractivity contribution in [1.82, 2.24) is 9.80 Å². The molecule has 0 aliphatic heterocycles. The maximum Gasteiger partial charge on any atom is 0.194 e. The quantitative estimate of drug-likeness (QED) is 0.858. The van der Waals surface area contributed by atoms with Crippen molar-refractivity contribution >= 4 is 24.5 Å². The minimum absolute atomic E-state index is 0.294. The Morgan fingerprint density at radius 2 is 1.25 bits per heavy atom. The molecule has 128 valence electrons. The Kier molecular flexibility index (Phi) is 5.39. The van der Waals surface area contributed by atoms with Crippen LogP contribution in [-0.2, 0) is 0 Å². The Hall–Kier alpha value is -2.20. The van der Waals surface area contributed by atoms with E-state index in [2.05, 4.69) is 68.5 Å². The molecule has 0 heterocycles. The number of hydrogen-bond donors (Lipinski definition) is 1. The van der Waals surface area contributed by atoms with Gasteiger partial charge in [-0.05, 0) is 6.07 Å². The molecule has 1 N–H and O–H groups in total. The first-order valence-corrected chi connectivity index (χ1v) is 11.2. The molecule has 24 heavy (non-hydrogen) atoms. The van der Waals surface area contributed by atoms with E-state index in [9.17, 15) is 5.11 Å². The van der Waals surface area contributed by atoms with E-state index in [1.54, 1.807) is 4.90 Å². The SMILES string of the molecule is CN(C)C(=c1cccc/c1=C(/O)N(C)C)[Si](C)(C)c1ccccc1. The van der Waals surface area contributed by atoms with E-state index in [0.717, 1.165) is 10.4 Å². The molecule has 0 saturated heterocycles. The second-order valence-corrected chi connectivity index (χ2v) is 11.3. The van der Waals surface area contributed by atoms with Crippen LogP contribution in [0, 0.1) is 0 Å². The van der Waals surface area contributed by atoms with Gasteiger partial charge in [0.25, 0.3) is 0 Å². The van der Waals surface area contributed by atoms with Gasteiger partial charge in [-0.2, -0.15) is 0 Å². The van der Waals surface area contributed by atoms with E-state index in [0.29, 0.717) is 5.88 Å². The van der Waals surface area contributed by atoms with Crippen LogP contribution in [0.4, 0.5) is 0 Å². The zero-order valence-electron chi connectivity index (χ0n) is 15.5. The highest BCUT2D eigenvalue weighted by Crippen LogP contribution is 2.17. The molecule has 0 fully saturated rings. The molecule has 0 spiro atoms. The van der Waals surface area contributed by atoms with Crippen molar-refractivity contribution in [2.45, 2.75) is 13.1 Å². The van der Waals surface area contributed by atoms with E-state index >= 15 is 0 Å². The third kappa shape index (κ3) is 3.49. The minimum atomic E-state index is -1.93. The molecule has 0 aliphatic rings. The highest BCUT2D eigenvalue weighted by Gasteiger charge is 2.30. The summed E-state index contributed by atoms with van der Waals surface area (Å²) in [7, 11) is 5.99. The lowest BCUT2D eigenvalue weighted by Crippen LogP contribution is -2.52. The topological polar surface area (TPSA) is 26.7 Å². The van der Waals surface area contributed by atoms with Gasteiger partial charge >= 0.3 is 0 Å². The fourth-order valence-corrected chi connectivity index (χ4v) is 6.56. The summed E-state index contributed by atoms with van der Waals surface area (Å²) in [5.74, 6) is 0.294. The molecule has 3 nitrogen and oxygen atoms in total. The lowest BCUT2D eigenvalue weighted by molar-refractivity contribution is 0.362. The molecule has 4 heteroatoms. The maximum absolute atomic E-state index is 10.6. The smallest absolute Gasteiger partial charge is 0.194 e. The number of hydrogen-bond acceptors (Lipinski definition) is 3. The van der Waals surface area contributed by atoms with Gasteiger partial charge in [0.1, 0.15) is 8.07 Å². The van der Waals surface area contributed by atoms with E-state index in [1.165, 1.54) is 10.5 Å². The van der Waals surface area contributed by atoms with Gasteiger partial charge in [-0.1, -0.05) is 66.8 Å². The Balaban J connectivity index is 2.93. The van der Waals surface area contributed by atoms with Crippen LogP contribution in [0.15, 0.2) is 54.6 Å². The lowest BCUT2D eigenvalue weighted by Gasteiger charge is -2.32. The summed E-state index contributed by atoms with van der Waals surface area (Å²) in [6, 6.07) is 18.8. The van der Waals surface area contributed by atoms with Gasteiger partial charge in [0.15, 0.2) is 5.88 Å². The summed E-state index contributed by atoms with van der Waals surface area (Å²) in [4.78, 5) is 3.96. The predicted molar refractivity (Wildman–Crippen MR) is 106 cm³/mol. The summed E-state index contributed by atoms with van der Waals surface area (Å²) < 4.78 is 0. The van der Waals surface area contributed by atoms with Crippen molar-refractivity contribution in [1.29, 1.82) is 0 Å². The Morgan fingerprint density at radius 3 is 1.75 bits per heavy atom. The van der Waals surface area contributed by atoms with Gasteiger partial charge in [0, 0.05) is 43.9 Å². The molecule has 0 unspecified atom stereocenters. The number of benzene rings is 2. The lowest BCUT2D eigenvalue weighted by atomic mass is 10.2. The molecule has 2 aromatic rings. The summed E-state index contributed by atoms with van der Waals surface area (Å²) in [5.41, 5.74) is 0. The second-order valence-electron chi connectivity index (χ2n) is 7.00. The van der Waals surface area contributed by atoms with Crippen molar-refractivity contribution in [2.75, 3.05) is 28.2 Å². The van der Waals surface area contributed by atoms with Crippen molar-refractivity contribution in [3.05, 3.63) is 65.0 Å². The normalized spacial score (nSPS) is 14.1. The summed E-state index contributed by atoms with van der Waals surface area (Å²) in [6.45, 7) is 4.72. The molecule has 0 atom stereocenters. The van der Waals surface area contributed by atoms with Crippen LogP contribution in [0.5, 0.6) is 0 Å². The van der Waals surface area contributed by atoms with Gasteiger partial charge in [0.2, 0.25) is 0 Å². The van der Waals surface area contributed by atoms with Gasteiger partial charge in [-0.25, -0.2) is 0 Å². The van der Waals surface area contributed by atoms with Gasteiger partial charge in [-0.15, -0.1) is 0 Å². The van der Waals surface area contributed by atoms with Crippen LogP contribution < -0.4 is 15.6 Å². The Labute approximate surface area is 146 Å². The van der Waals surface area contributed by atoms with Crippen molar-refractivity contribution in [3.63, 3.8) is 0 Å². The van der Waals surface area contributed by atoms with Crippen LogP contribution in [0.1, 0.15) is 0 Å². The monoisotopic (exact) mass is 340 g/mol. The van der Waals surface area contributed by atoms with Crippen molar-refractivity contribution < 1.29 is 5.11 Å². The van der Waals surface area contributed by atoms with Gasteiger partial charge in [-0.3, -0.25) is 0 Å². The first-order chi connectivity index (χ1) is 11.3. The molecule has 0 amide bonds. The summed E-state index contributed by atoms with van der Waals surface area (Å²) in [5, 5.41) is 15.2. The average Bonchev–Trinajstić information content (AvgIpc) is 2.55. The van der Waals surface area contributed by atoms with Crippen LogP contribution in [-0.4, -0.2) is 51.2 Å².